The van der Waals surface area contributed by atoms with E-state index < -0.39 is 17.0 Å². The van der Waals surface area contributed by atoms with Gasteiger partial charge in [-0.25, -0.2) is 19.3 Å². The predicted molar refractivity (Wildman–Crippen MR) is 52.5 cm³/mol. The Labute approximate surface area is 96.2 Å². The van der Waals surface area contributed by atoms with Crippen LogP contribution in [0.2, 0.25) is 0 Å². The standard InChI is InChI=1S/C8H4F4N4S/c9-3-1-15-7(13)16-5(3)4-2-14-6(17-4)8(10,11)12/h1-2H,(H2,13,15,16). The van der Waals surface area contributed by atoms with E-state index in [-0.39, 0.29) is 16.5 Å². The van der Waals surface area contributed by atoms with Gasteiger partial charge >= 0.3 is 6.18 Å². The predicted octanol–water partition coefficient (Wildman–Crippen LogP) is 2.34. The molecule has 17 heavy (non-hydrogen) atoms. The third kappa shape index (κ3) is 2.33. The molecule has 2 heterocycles. The largest absolute Gasteiger partial charge is 0.443 e. The summed E-state index contributed by atoms with van der Waals surface area (Å²) in [6, 6.07) is 0. The summed E-state index contributed by atoms with van der Waals surface area (Å²) in [7, 11) is 0. The van der Waals surface area contributed by atoms with Gasteiger partial charge in [0.05, 0.1) is 11.1 Å². The Kier molecular flexibility index (Phi) is 2.69. The van der Waals surface area contributed by atoms with E-state index in [4.69, 9.17) is 5.73 Å². The van der Waals surface area contributed by atoms with Gasteiger partial charge in [-0.2, -0.15) is 13.2 Å². The second-order valence-electron chi connectivity index (χ2n) is 2.95. The van der Waals surface area contributed by atoms with Gasteiger partial charge in [-0.05, 0) is 0 Å². The van der Waals surface area contributed by atoms with Crippen LogP contribution in [-0.4, -0.2) is 15.0 Å². The number of halogens is 4. The first-order chi connectivity index (χ1) is 7.88. The minimum atomic E-state index is -4.56. The topological polar surface area (TPSA) is 64.7 Å². The number of nitrogens with zero attached hydrogens (tertiary/aromatic N) is 3. The van der Waals surface area contributed by atoms with Crippen molar-refractivity contribution in [2.24, 2.45) is 0 Å². The molecule has 0 fully saturated rings. The van der Waals surface area contributed by atoms with Gasteiger partial charge in [0.1, 0.15) is 5.69 Å². The third-order valence-electron chi connectivity index (χ3n) is 1.74. The average molecular weight is 264 g/mol. The highest BCUT2D eigenvalue weighted by Crippen LogP contribution is 2.36. The molecule has 2 N–H and O–H groups in total. The molecule has 0 spiro atoms. The van der Waals surface area contributed by atoms with Gasteiger partial charge in [0.25, 0.3) is 0 Å². The van der Waals surface area contributed by atoms with Crippen molar-refractivity contribution in [3.05, 3.63) is 23.2 Å². The summed E-state index contributed by atoms with van der Waals surface area (Å²) in [5, 5.41) is -1.07. The van der Waals surface area contributed by atoms with Crippen LogP contribution >= 0.6 is 11.3 Å². The third-order valence-corrected chi connectivity index (χ3v) is 2.79. The van der Waals surface area contributed by atoms with Gasteiger partial charge in [-0.15, -0.1) is 11.3 Å². The lowest BCUT2D eigenvalue weighted by atomic mass is 10.3. The Morgan fingerprint density at radius 2 is 1.88 bits per heavy atom. The Bertz CT molecular complexity index is 551. The Hall–Kier alpha value is -1.77. The summed E-state index contributed by atoms with van der Waals surface area (Å²) in [5.74, 6) is -1.07. The number of alkyl halides is 3. The van der Waals surface area contributed by atoms with Crippen molar-refractivity contribution in [1.29, 1.82) is 0 Å². The first kappa shape index (κ1) is 11.7. The van der Waals surface area contributed by atoms with Crippen molar-refractivity contribution in [3.63, 3.8) is 0 Å². The maximum absolute atomic E-state index is 13.3. The molecule has 0 atom stereocenters. The van der Waals surface area contributed by atoms with Crippen LogP contribution in [0.1, 0.15) is 5.01 Å². The van der Waals surface area contributed by atoms with Crippen LogP contribution in [0.25, 0.3) is 10.6 Å². The van der Waals surface area contributed by atoms with E-state index in [0.29, 0.717) is 11.3 Å². The molecule has 0 saturated heterocycles. The maximum atomic E-state index is 13.3. The van der Waals surface area contributed by atoms with Gasteiger partial charge in [0, 0.05) is 6.20 Å². The van der Waals surface area contributed by atoms with E-state index >= 15 is 0 Å². The molecule has 0 saturated carbocycles. The second kappa shape index (κ2) is 3.91. The molecule has 2 aromatic heterocycles. The van der Waals surface area contributed by atoms with Crippen LogP contribution in [0.5, 0.6) is 0 Å². The molecule has 0 bridgehead atoms. The van der Waals surface area contributed by atoms with Crippen LogP contribution in [0.15, 0.2) is 12.4 Å². The van der Waals surface area contributed by atoms with Crippen molar-refractivity contribution in [2.45, 2.75) is 6.18 Å². The Balaban J connectivity index is 2.47. The summed E-state index contributed by atoms with van der Waals surface area (Å²) in [5.41, 5.74) is 4.94. The fourth-order valence-electron chi connectivity index (χ4n) is 1.07. The monoisotopic (exact) mass is 264 g/mol. The zero-order valence-corrected chi connectivity index (χ0v) is 8.81. The summed E-state index contributed by atoms with van der Waals surface area (Å²) in [6.07, 6.45) is -2.86. The molecule has 90 valence electrons. The van der Waals surface area contributed by atoms with E-state index in [1.54, 1.807) is 0 Å². The second-order valence-corrected chi connectivity index (χ2v) is 3.98. The van der Waals surface area contributed by atoms with Gasteiger partial charge in [0.2, 0.25) is 5.95 Å². The van der Waals surface area contributed by atoms with E-state index in [1.807, 2.05) is 0 Å². The SMILES string of the molecule is Nc1ncc(F)c(-c2cnc(C(F)(F)F)s2)n1. The van der Waals surface area contributed by atoms with Crippen molar-refractivity contribution < 1.29 is 17.6 Å². The molecule has 0 aliphatic rings. The summed E-state index contributed by atoms with van der Waals surface area (Å²) in [6.45, 7) is 0. The molecule has 0 radical (unpaired) electrons. The van der Waals surface area contributed by atoms with E-state index in [9.17, 15) is 17.6 Å². The highest BCUT2D eigenvalue weighted by Gasteiger charge is 2.35. The van der Waals surface area contributed by atoms with Crippen molar-refractivity contribution in [2.75, 3.05) is 5.73 Å². The van der Waals surface area contributed by atoms with Crippen LogP contribution in [0, 0.1) is 5.82 Å². The summed E-state index contributed by atoms with van der Waals surface area (Å²) < 4.78 is 50.2. The molecule has 2 aromatic rings. The van der Waals surface area contributed by atoms with Crippen LogP contribution in [0.3, 0.4) is 0 Å². The summed E-state index contributed by atoms with van der Waals surface area (Å²) >= 11 is 0.294. The van der Waals surface area contributed by atoms with Gasteiger partial charge in [-0.1, -0.05) is 0 Å². The molecule has 2 rings (SSSR count). The Morgan fingerprint density at radius 3 is 2.47 bits per heavy atom. The van der Waals surface area contributed by atoms with Gasteiger partial charge in [-0.3, -0.25) is 0 Å². The highest BCUT2D eigenvalue weighted by atomic mass is 32.1. The average Bonchev–Trinajstić information content (AvgIpc) is 2.70. The number of hydrogen-bond acceptors (Lipinski definition) is 5. The molecule has 0 amide bonds. The normalized spacial score (nSPS) is 11.8. The lowest BCUT2D eigenvalue weighted by Crippen LogP contribution is -2.02. The molecular formula is C8H4F4N4S. The van der Waals surface area contributed by atoms with Gasteiger partial charge in [0.15, 0.2) is 10.8 Å². The molecule has 9 heteroatoms. The number of hydrogen-bond donors (Lipinski definition) is 1. The molecule has 0 aliphatic heterocycles. The minimum Gasteiger partial charge on any atom is -0.368 e. The fraction of sp³-hybridized carbons (Fsp3) is 0.125. The number of nitrogens with two attached hydrogens (primary N) is 1. The molecular weight excluding hydrogens is 260 g/mol. The van der Waals surface area contributed by atoms with Gasteiger partial charge < -0.3 is 5.73 Å². The lowest BCUT2D eigenvalue weighted by molar-refractivity contribution is -0.137. The van der Waals surface area contributed by atoms with Crippen LogP contribution < -0.4 is 5.73 Å². The number of thiazole rings is 1. The van der Waals surface area contributed by atoms with E-state index in [2.05, 4.69) is 15.0 Å². The Morgan fingerprint density at radius 1 is 1.18 bits per heavy atom. The molecule has 0 unspecified atom stereocenters. The van der Waals surface area contributed by atoms with Crippen molar-refractivity contribution >= 4 is 17.3 Å². The van der Waals surface area contributed by atoms with Crippen LogP contribution in [0.4, 0.5) is 23.5 Å². The highest BCUT2D eigenvalue weighted by molar-refractivity contribution is 7.15. The van der Waals surface area contributed by atoms with E-state index in [0.717, 1.165) is 12.4 Å². The van der Waals surface area contributed by atoms with E-state index in [1.165, 1.54) is 0 Å². The maximum Gasteiger partial charge on any atom is 0.443 e. The first-order valence-electron chi connectivity index (χ1n) is 4.19. The number of nitrogen functional groups attached to an aromatic ring is 1. The molecule has 0 aliphatic carbocycles. The number of anilines is 1. The number of rotatable bonds is 1. The molecule has 4 nitrogen and oxygen atoms in total. The fourth-order valence-corrected chi connectivity index (χ4v) is 1.84. The minimum absolute atomic E-state index is 0.0519. The molecule has 0 aromatic carbocycles. The first-order valence-corrected chi connectivity index (χ1v) is 5.01. The van der Waals surface area contributed by atoms with Crippen molar-refractivity contribution in [1.82, 2.24) is 15.0 Å². The summed E-state index contributed by atoms with van der Waals surface area (Å²) in [4.78, 5) is 10.0. The van der Waals surface area contributed by atoms with Crippen molar-refractivity contribution in [3.8, 4) is 10.6 Å². The zero-order valence-electron chi connectivity index (χ0n) is 7.99. The lowest BCUT2D eigenvalue weighted by Gasteiger charge is -2.00. The number of aromatic nitrogens is 3. The zero-order chi connectivity index (χ0) is 12.6. The van der Waals surface area contributed by atoms with Crippen LogP contribution in [-0.2, 0) is 6.18 Å². The quantitative estimate of drug-likeness (QED) is 0.803. The smallest absolute Gasteiger partial charge is 0.368 e.